The maximum Gasteiger partial charge on any atom is 0.320 e. The summed E-state index contributed by atoms with van der Waals surface area (Å²) in [4.78, 5) is 13.3. The molecule has 0 saturated carbocycles. The standard InChI is InChI=1S/C17H25NO4/c1-3-10-22-15-8-7-13(11-16(15)21-4-2)12-18-9-5-6-14(18)17(19)20/h7-8,11,14H,3-6,9-10,12H2,1-2H3,(H,19,20). The van der Waals surface area contributed by atoms with Crippen LogP contribution >= 0.6 is 0 Å². The first kappa shape index (κ1) is 16.6. The number of rotatable bonds is 8. The van der Waals surface area contributed by atoms with E-state index in [4.69, 9.17) is 9.47 Å². The van der Waals surface area contributed by atoms with Crippen molar-refractivity contribution < 1.29 is 19.4 Å². The van der Waals surface area contributed by atoms with Crippen LogP contribution in [0.15, 0.2) is 18.2 Å². The molecule has 1 fully saturated rings. The molecule has 5 nitrogen and oxygen atoms in total. The average molecular weight is 307 g/mol. The van der Waals surface area contributed by atoms with E-state index in [-0.39, 0.29) is 6.04 Å². The molecule has 5 heteroatoms. The van der Waals surface area contributed by atoms with Gasteiger partial charge >= 0.3 is 5.97 Å². The zero-order chi connectivity index (χ0) is 15.9. The van der Waals surface area contributed by atoms with E-state index in [0.717, 1.165) is 42.9 Å². The Bertz CT molecular complexity index is 503. The van der Waals surface area contributed by atoms with Crippen LogP contribution in [0.25, 0.3) is 0 Å². The minimum Gasteiger partial charge on any atom is -0.490 e. The summed E-state index contributed by atoms with van der Waals surface area (Å²) in [7, 11) is 0. The fraction of sp³-hybridized carbons (Fsp3) is 0.588. The molecule has 1 heterocycles. The smallest absolute Gasteiger partial charge is 0.320 e. The number of hydrogen-bond acceptors (Lipinski definition) is 4. The normalized spacial score (nSPS) is 18.4. The summed E-state index contributed by atoms with van der Waals surface area (Å²) >= 11 is 0. The van der Waals surface area contributed by atoms with E-state index in [0.29, 0.717) is 19.8 Å². The minimum absolute atomic E-state index is 0.369. The molecule has 1 N–H and O–H groups in total. The van der Waals surface area contributed by atoms with Crippen LogP contribution in [0.4, 0.5) is 0 Å². The van der Waals surface area contributed by atoms with Crippen LogP contribution in [0.3, 0.4) is 0 Å². The fourth-order valence-electron chi connectivity index (χ4n) is 2.78. The van der Waals surface area contributed by atoms with E-state index in [1.54, 1.807) is 0 Å². The van der Waals surface area contributed by atoms with Crippen molar-refractivity contribution in [3.05, 3.63) is 23.8 Å². The molecule has 1 aliphatic rings. The molecule has 0 bridgehead atoms. The van der Waals surface area contributed by atoms with Crippen LogP contribution < -0.4 is 9.47 Å². The van der Waals surface area contributed by atoms with Gasteiger partial charge in [0.25, 0.3) is 0 Å². The molecule has 0 radical (unpaired) electrons. The Hall–Kier alpha value is -1.75. The lowest BCUT2D eigenvalue weighted by Gasteiger charge is -2.21. The third-order valence-corrected chi connectivity index (χ3v) is 3.80. The molecule has 122 valence electrons. The van der Waals surface area contributed by atoms with Crippen molar-refractivity contribution in [2.45, 2.75) is 45.7 Å². The van der Waals surface area contributed by atoms with Crippen molar-refractivity contribution in [1.29, 1.82) is 0 Å². The Kier molecular flexibility index (Phi) is 6.07. The maximum absolute atomic E-state index is 11.3. The highest BCUT2D eigenvalue weighted by molar-refractivity contribution is 5.73. The Morgan fingerprint density at radius 3 is 2.82 bits per heavy atom. The predicted octanol–water partition coefficient (Wildman–Crippen LogP) is 2.92. The summed E-state index contributed by atoms with van der Waals surface area (Å²) in [6, 6.07) is 5.50. The van der Waals surface area contributed by atoms with Crippen LogP contribution in [0.1, 0.15) is 38.7 Å². The van der Waals surface area contributed by atoms with Crippen molar-refractivity contribution in [3.63, 3.8) is 0 Å². The van der Waals surface area contributed by atoms with Crippen LogP contribution in [-0.2, 0) is 11.3 Å². The van der Waals surface area contributed by atoms with Gasteiger partial charge in [-0.25, -0.2) is 0 Å². The SMILES string of the molecule is CCCOc1ccc(CN2CCCC2C(=O)O)cc1OCC. The highest BCUT2D eigenvalue weighted by Crippen LogP contribution is 2.30. The summed E-state index contributed by atoms with van der Waals surface area (Å²) in [6.07, 6.45) is 2.61. The third-order valence-electron chi connectivity index (χ3n) is 3.80. The number of hydrogen-bond donors (Lipinski definition) is 1. The number of carboxylic acid groups (broad SMARTS) is 1. The van der Waals surface area contributed by atoms with Crippen LogP contribution in [-0.4, -0.2) is 41.8 Å². The van der Waals surface area contributed by atoms with E-state index in [1.165, 1.54) is 0 Å². The highest BCUT2D eigenvalue weighted by Gasteiger charge is 2.30. The van der Waals surface area contributed by atoms with Crippen molar-refractivity contribution >= 4 is 5.97 Å². The molecule has 1 saturated heterocycles. The molecule has 0 aliphatic carbocycles. The molecule has 1 atom stereocenters. The number of carbonyl (C=O) groups is 1. The van der Waals surface area contributed by atoms with Gasteiger partial charge in [0.05, 0.1) is 13.2 Å². The summed E-state index contributed by atoms with van der Waals surface area (Å²) in [5.74, 6) is 0.758. The topological polar surface area (TPSA) is 59.0 Å². The largest absolute Gasteiger partial charge is 0.490 e. The fourth-order valence-corrected chi connectivity index (χ4v) is 2.78. The average Bonchev–Trinajstić information content (AvgIpc) is 2.95. The maximum atomic E-state index is 11.3. The highest BCUT2D eigenvalue weighted by atomic mass is 16.5. The van der Waals surface area contributed by atoms with Gasteiger partial charge in [-0.1, -0.05) is 13.0 Å². The second-order valence-electron chi connectivity index (χ2n) is 5.53. The van der Waals surface area contributed by atoms with E-state index in [9.17, 15) is 9.90 Å². The van der Waals surface area contributed by atoms with Gasteiger partial charge in [0.15, 0.2) is 11.5 Å². The Morgan fingerprint density at radius 2 is 2.14 bits per heavy atom. The number of nitrogens with zero attached hydrogens (tertiary/aromatic N) is 1. The molecule has 1 aromatic rings. The van der Waals surface area contributed by atoms with Crippen molar-refractivity contribution in [3.8, 4) is 11.5 Å². The molecule has 1 aromatic carbocycles. The van der Waals surface area contributed by atoms with E-state index < -0.39 is 5.97 Å². The van der Waals surface area contributed by atoms with E-state index in [2.05, 4.69) is 6.92 Å². The molecule has 0 aromatic heterocycles. The van der Waals surface area contributed by atoms with Gasteiger partial charge in [-0.15, -0.1) is 0 Å². The van der Waals surface area contributed by atoms with Crippen molar-refractivity contribution in [2.24, 2.45) is 0 Å². The molecule has 0 amide bonds. The van der Waals surface area contributed by atoms with Gasteiger partial charge in [0, 0.05) is 6.54 Å². The summed E-state index contributed by atoms with van der Waals surface area (Å²) in [5.41, 5.74) is 1.06. The van der Waals surface area contributed by atoms with Crippen molar-refractivity contribution in [2.75, 3.05) is 19.8 Å². The summed E-state index contributed by atoms with van der Waals surface area (Å²) in [5, 5.41) is 9.26. The second kappa shape index (κ2) is 8.03. The van der Waals surface area contributed by atoms with Crippen molar-refractivity contribution in [1.82, 2.24) is 4.90 Å². The van der Waals surface area contributed by atoms with E-state index in [1.807, 2.05) is 30.0 Å². The van der Waals surface area contributed by atoms with Gasteiger partial charge in [0.2, 0.25) is 0 Å². The number of aliphatic carboxylic acids is 1. The van der Waals surface area contributed by atoms with Gasteiger partial charge in [0.1, 0.15) is 6.04 Å². The Balaban J connectivity index is 2.10. The number of ether oxygens (including phenoxy) is 2. The first-order chi connectivity index (χ1) is 10.7. The first-order valence-electron chi connectivity index (χ1n) is 8.01. The van der Waals surface area contributed by atoms with Crippen LogP contribution in [0.5, 0.6) is 11.5 Å². The van der Waals surface area contributed by atoms with Gasteiger partial charge in [-0.2, -0.15) is 0 Å². The van der Waals surface area contributed by atoms with Gasteiger partial charge < -0.3 is 14.6 Å². The third kappa shape index (κ3) is 4.13. The minimum atomic E-state index is -0.731. The Labute approximate surface area is 131 Å². The summed E-state index contributed by atoms with van der Waals surface area (Å²) < 4.78 is 11.3. The van der Waals surface area contributed by atoms with Crippen LogP contribution in [0.2, 0.25) is 0 Å². The lowest BCUT2D eigenvalue weighted by atomic mass is 10.1. The molecule has 22 heavy (non-hydrogen) atoms. The molecule has 2 rings (SSSR count). The van der Waals surface area contributed by atoms with Gasteiger partial charge in [-0.3, -0.25) is 9.69 Å². The zero-order valence-corrected chi connectivity index (χ0v) is 13.4. The first-order valence-corrected chi connectivity index (χ1v) is 8.01. The molecule has 1 aliphatic heterocycles. The predicted molar refractivity (Wildman–Crippen MR) is 84.5 cm³/mol. The number of likely N-dealkylation sites (tertiary alicyclic amines) is 1. The van der Waals surface area contributed by atoms with Gasteiger partial charge in [-0.05, 0) is 50.4 Å². The quantitative estimate of drug-likeness (QED) is 0.800. The number of carboxylic acids is 1. The molecular formula is C17H25NO4. The number of benzene rings is 1. The Morgan fingerprint density at radius 1 is 1.32 bits per heavy atom. The molecule has 0 spiro atoms. The second-order valence-corrected chi connectivity index (χ2v) is 5.53. The molecule has 1 unspecified atom stereocenters. The monoisotopic (exact) mass is 307 g/mol. The summed E-state index contributed by atoms with van der Waals surface area (Å²) in [6.45, 7) is 6.70. The van der Waals surface area contributed by atoms with E-state index >= 15 is 0 Å². The van der Waals surface area contributed by atoms with Crippen LogP contribution in [0, 0.1) is 0 Å². The zero-order valence-electron chi connectivity index (χ0n) is 13.4. The lowest BCUT2D eigenvalue weighted by Crippen LogP contribution is -2.35. The lowest BCUT2D eigenvalue weighted by molar-refractivity contribution is -0.142. The molecular weight excluding hydrogens is 282 g/mol.